The lowest BCUT2D eigenvalue weighted by molar-refractivity contribution is 0.0736. The van der Waals surface area contributed by atoms with Crippen molar-refractivity contribution in [1.82, 2.24) is 5.16 Å². The number of nitrogens with zero attached hydrogens (tertiary/aromatic N) is 1. The molecule has 9 heteroatoms. The summed E-state index contributed by atoms with van der Waals surface area (Å²) in [6.45, 7) is 3.38. The molecule has 0 bridgehead atoms. The highest BCUT2D eigenvalue weighted by molar-refractivity contribution is 7.93. The Morgan fingerprint density at radius 2 is 1.92 bits per heavy atom. The van der Waals surface area contributed by atoms with Crippen LogP contribution >= 0.6 is 11.3 Å². The number of nitrogens with one attached hydrogen (secondary N) is 1. The van der Waals surface area contributed by atoms with E-state index in [1.807, 2.05) is 0 Å². The standard InChI is InChI=1S/C16H14N2O5S2/c1-10-11(2)17-23-15(10)18-25(20,21)13-8-9-24-14(13)16(19)22-12-6-4-3-5-7-12/h3-9,18H,1-2H3. The molecule has 0 aliphatic heterocycles. The molecule has 0 unspecified atom stereocenters. The fourth-order valence-corrected chi connectivity index (χ4v) is 4.33. The second kappa shape index (κ2) is 6.69. The van der Waals surface area contributed by atoms with Crippen LogP contribution in [0.25, 0.3) is 0 Å². The van der Waals surface area contributed by atoms with Gasteiger partial charge in [-0.2, -0.15) is 0 Å². The second-order valence-electron chi connectivity index (χ2n) is 5.14. The van der Waals surface area contributed by atoms with Gasteiger partial charge in [-0.1, -0.05) is 23.4 Å². The molecule has 3 aromatic rings. The monoisotopic (exact) mass is 378 g/mol. The van der Waals surface area contributed by atoms with E-state index < -0.39 is 16.0 Å². The third-order valence-corrected chi connectivity index (χ3v) is 5.84. The molecule has 0 saturated heterocycles. The van der Waals surface area contributed by atoms with E-state index in [4.69, 9.17) is 9.26 Å². The lowest BCUT2D eigenvalue weighted by Gasteiger charge is -2.07. The normalized spacial score (nSPS) is 11.3. The van der Waals surface area contributed by atoms with E-state index in [0.29, 0.717) is 17.0 Å². The number of hydrogen-bond acceptors (Lipinski definition) is 7. The highest BCUT2D eigenvalue weighted by atomic mass is 32.2. The van der Waals surface area contributed by atoms with Crippen molar-refractivity contribution in [1.29, 1.82) is 0 Å². The number of para-hydroxylation sites is 1. The third-order valence-electron chi connectivity index (χ3n) is 3.44. The van der Waals surface area contributed by atoms with Gasteiger partial charge in [0, 0.05) is 5.56 Å². The van der Waals surface area contributed by atoms with Crippen LogP contribution in [0.1, 0.15) is 20.9 Å². The van der Waals surface area contributed by atoms with Gasteiger partial charge in [-0.05, 0) is 37.4 Å². The molecule has 7 nitrogen and oxygen atoms in total. The lowest BCUT2D eigenvalue weighted by atomic mass is 10.3. The predicted molar refractivity (Wildman–Crippen MR) is 92.5 cm³/mol. The van der Waals surface area contributed by atoms with E-state index in [1.165, 1.54) is 11.4 Å². The van der Waals surface area contributed by atoms with Crippen LogP contribution in [0.5, 0.6) is 5.75 Å². The number of anilines is 1. The van der Waals surface area contributed by atoms with Gasteiger partial charge in [-0.15, -0.1) is 11.3 Å². The number of hydrogen-bond donors (Lipinski definition) is 1. The Kier molecular flexibility index (Phi) is 4.60. The molecule has 0 aliphatic rings. The molecular formula is C16H14N2O5S2. The highest BCUT2D eigenvalue weighted by Crippen LogP contribution is 2.27. The molecule has 2 aromatic heterocycles. The number of aromatic nitrogens is 1. The van der Waals surface area contributed by atoms with Crippen LogP contribution in [-0.4, -0.2) is 19.5 Å². The summed E-state index contributed by atoms with van der Waals surface area (Å²) in [5, 5.41) is 5.21. The Bertz CT molecular complexity index is 1010. The van der Waals surface area contributed by atoms with Gasteiger partial charge >= 0.3 is 5.97 Å². The minimum atomic E-state index is -4.02. The Hall–Kier alpha value is -2.65. The molecule has 2 heterocycles. The molecule has 3 rings (SSSR count). The molecule has 0 aliphatic carbocycles. The number of carbonyl (C=O) groups excluding carboxylic acids is 1. The van der Waals surface area contributed by atoms with Crippen LogP contribution in [-0.2, 0) is 10.0 Å². The van der Waals surface area contributed by atoms with Gasteiger partial charge in [0.05, 0.1) is 5.69 Å². The van der Waals surface area contributed by atoms with Crippen molar-refractivity contribution in [2.45, 2.75) is 18.7 Å². The Morgan fingerprint density at radius 1 is 1.20 bits per heavy atom. The summed E-state index contributed by atoms with van der Waals surface area (Å²) in [5.41, 5.74) is 1.15. The molecule has 1 N–H and O–H groups in total. The van der Waals surface area contributed by atoms with Gasteiger partial charge < -0.3 is 9.26 Å². The number of carbonyl (C=O) groups is 1. The van der Waals surface area contributed by atoms with Crippen LogP contribution in [0.2, 0.25) is 0 Å². The van der Waals surface area contributed by atoms with Crippen molar-refractivity contribution < 1.29 is 22.5 Å². The summed E-state index contributed by atoms with van der Waals surface area (Å²) in [6.07, 6.45) is 0. The molecule has 0 atom stereocenters. The third kappa shape index (κ3) is 3.57. The zero-order chi connectivity index (χ0) is 18.0. The van der Waals surface area contributed by atoms with Gasteiger partial charge in [0.25, 0.3) is 10.0 Å². The zero-order valence-corrected chi connectivity index (χ0v) is 15.0. The number of ether oxygens (including phenoxy) is 1. The van der Waals surface area contributed by atoms with Crippen LogP contribution in [0.15, 0.2) is 51.2 Å². The largest absolute Gasteiger partial charge is 0.422 e. The smallest absolute Gasteiger partial charge is 0.355 e. The molecule has 0 saturated carbocycles. The van der Waals surface area contributed by atoms with Crippen molar-refractivity contribution in [2.24, 2.45) is 0 Å². The number of thiophene rings is 1. The fraction of sp³-hybridized carbons (Fsp3) is 0.125. The highest BCUT2D eigenvalue weighted by Gasteiger charge is 2.27. The summed E-state index contributed by atoms with van der Waals surface area (Å²) in [7, 11) is -4.02. The van der Waals surface area contributed by atoms with Crippen molar-refractivity contribution in [3.05, 3.63) is 57.9 Å². The van der Waals surface area contributed by atoms with Crippen molar-refractivity contribution >= 4 is 33.2 Å². The average Bonchev–Trinajstić information content (AvgIpc) is 3.19. The molecule has 130 valence electrons. The maximum absolute atomic E-state index is 12.6. The van der Waals surface area contributed by atoms with E-state index in [9.17, 15) is 13.2 Å². The number of rotatable bonds is 5. The SMILES string of the molecule is Cc1noc(NS(=O)(=O)c2ccsc2C(=O)Oc2ccccc2)c1C. The van der Waals surface area contributed by atoms with E-state index in [2.05, 4.69) is 9.88 Å². The maximum Gasteiger partial charge on any atom is 0.355 e. The molecular weight excluding hydrogens is 364 g/mol. The summed E-state index contributed by atoms with van der Waals surface area (Å²) in [6, 6.07) is 9.77. The van der Waals surface area contributed by atoms with E-state index in [1.54, 1.807) is 44.2 Å². The van der Waals surface area contributed by atoms with Crippen LogP contribution in [0, 0.1) is 13.8 Å². The Morgan fingerprint density at radius 3 is 2.56 bits per heavy atom. The van der Waals surface area contributed by atoms with E-state index in [-0.39, 0.29) is 15.7 Å². The fourth-order valence-electron chi connectivity index (χ4n) is 1.99. The first-order valence-electron chi connectivity index (χ1n) is 7.19. The van der Waals surface area contributed by atoms with E-state index in [0.717, 1.165) is 11.3 Å². The van der Waals surface area contributed by atoms with Gasteiger partial charge in [-0.25, -0.2) is 17.9 Å². The van der Waals surface area contributed by atoms with Gasteiger partial charge in [0.15, 0.2) is 0 Å². The van der Waals surface area contributed by atoms with Crippen molar-refractivity contribution in [2.75, 3.05) is 4.72 Å². The van der Waals surface area contributed by atoms with E-state index >= 15 is 0 Å². The number of benzene rings is 1. The molecule has 0 fully saturated rings. The first-order valence-corrected chi connectivity index (χ1v) is 9.55. The minimum absolute atomic E-state index is 0.0195. The summed E-state index contributed by atoms with van der Waals surface area (Å²) in [4.78, 5) is 12.1. The predicted octanol–water partition coefficient (Wildman–Crippen LogP) is 3.37. The molecule has 0 amide bonds. The topological polar surface area (TPSA) is 98.5 Å². The van der Waals surface area contributed by atoms with Gasteiger partial charge in [0.2, 0.25) is 5.88 Å². The Balaban J connectivity index is 1.87. The second-order valence-corrected chi connectivity index (χ2v) is 7.71. The number of esters is 1. The maximum atomic E-state index is 12.6. The Labute approximate surface area is 148 Å². The van der Waals surface area contributed by atoms with Crippen LogP contribution < -0.4 is 9.46 Å². The molecule has 0 spiro atoms. The number of aryl methyl sites for hydroxylation is 1. The van der Waals surface area contributed by atoms with Crippen molar-refractivity contribution in [3.63, 3.8) is 0 Å². The van der Waals surface area contributed by atoms with Crippen LogP contribution in [0.4, 0.5) is 5.88 Å². The first kappa shape index (κ1) is 17.2. The summed E-state index contributed by atoms with van der Waals surface area (Å²) >= 11 is 0.984. The van der Waals surface area contributed by atoms with Crippen LogP contribution in [0.3, 0.4) is 0 Å². The zero-order valence-electron chi connectivity index (χ0n) is 13.3. The quantitative estimate of drug-likeness (QED) is 0.540. The average molecular weight is 378 g/mol. The molecule has 0 radical (unpaired) electrons. The summed E-state index contributed by atoms with van der Waals surface area (Å²) in [5.74, 6) is -0.392. The molecule has 25 heavy (non-hydrogen) atoms. The first-order chi connectivity index (χ1) is 11.9. The lowest BCUT2D eigenvalue weighted by Crippen LogP contribution is -2.17. The number of sulfonamides is 1. The van der Waals surface area contributed by atoms with Crippen molar-refractivity contribution in [3.8, 4) is 5.75 Å². The van der Waals surface area contributed by atoms with Gasteiger partial charge in [0.1, 0.15) is 15.5 Å². The minimum Gasteiger partial charge on any atom is -0.422 e. The van der Waals surface area contributed by atoms with Gasteiger partial charge in [-0.3, -0.25) is 0 Å². The summed E-state index contributed by atoms with van der Waals surface area (Å²) < 4.78 is 37.7. The molecule has 1 aromatic carbocycles.